The zero-order chi connectivity index (χ0) is 24.7. The minimum Gasteiger partial charge on any atom is -0.478 e. The first kappa shape index (κ1) is 37.4. The molecule has 0 aliphatic rings. The number of phosphoric acid groups is 1. The Morgan fingerprint density at radius 1 is 0.759 bits per heavy atom. The van der Waals surface area contributed by atoms with Crippen LogP contribution in [0.5, 0.6) is 0 Å². The van der Waals surface area contributed by atoms with Crippen LogP contribution in [0.2, 0.25) is 0 Å². The number of hydrogen-bond donors (Lipinski definition) is 9. The molecule has 0 aromatic heterocycles. The number of carboxylic acid groups (broad SMARTS) is 3. The molecule has 0 radical (unpaired) electrons. The van der Waals surface area contributed by atoms with Gasteiger partial charge in [-0.05, 0) is 6.42 Å². The molecule has 9 N–H and O–H groups in total. The van der Waals surface area contributed by atoms with Gasteiger partial charge >= 0.3 is 25.7 Å². The van der Waals surface area contributed by atoms with Crippen molar-refractivity contribution in [2.24, 2.45) is 5.41 Å². The first-order valence-electron chi connectivity index (χ1n) is 7.23. The second kappa shape index (κ2) is 23.7. The van der Waals surface area contributed by atoms with Crippen LogP contribution in [-0.4, -0.2) is 83.0 Å². The van der Waals surface area contributed by atoms with Crippen LogP contribution in [0.4, 0.5) is 0 Å². The molecule has 0 spiro atoms. The van der Waals surface area contributed by atoms with Crippen molar-refractivity contribution < 1.29 is 64.3 Å². The van der Waals surface area contributed by atoms with Crippen molar-refractivity contribution in [3.05, 3.63) is 38.0 Å². The second-order valence-corrected chi connectivity index (χ2v) is 5.49. The fraction of sp³-hybridized carbons (Fsp3) is 0.400. The maximum Gasteiger partial charge on any atom is 0.466 e. The normalized spacial score (nSPS) is 9.07. The van der Waals surface area contributed by atoms with Gasteiger partial charge in [0.1, 0.15) is 0 Å². The van der Waals surface area contributed by atoms with E-state index in [4.69, 9.17) is 49.9 Å². The van der Waals surface area contributed by atoms with Crippen molar-refractivity contribution >= 4 is 25.7 Å². The summed E-state index contributed by atoms with van der Waals surface area (Å²) in [6.07, 6.45) is 3.09. The first-order valence-corrected chi connectivity index (χ1v) is 8.79. The van der Waals surface area contributed by atoms with Gasteiger partial charge in [-0.1, -0.05) is 26.7 Å². The van der Waals surface area contributed by atoms with Crippen molar-refractivity contribution in [3.63, 3.8) is 0 Å². The molecule has 14 heteroatoms. The molecule has 172 valence electrons. The Kier molecular flexibility index (Phi) is 30.5. The number of aliphatic carboxylic acids is 3. The van der Waals surface area contributed by atoms with Crippen LogP contribution in [0.25, 0.3) is 0 Å². The number of carbonyl (C=O) groups is 3. The summed E-state index contributed by atoms with van der Waals surface area (Å²) in [5, 5.41) is 48.8. The zero-order valence-corrected chi connectivity index (χ0v) is 16.7. The lowest BCUT2D eigenvalue weighted by atomic mass is 9.88. The molecule has 0 unspecified atom stereocenters. The van der Waals surface area contributed by atoms with E-state index in [-0.39, 0.29) is 19.8 Å². The molecule has 0 saturated heterocycles. The third kappa shape index (κ3) is 58.6. The van der Waals surface area contributed by atoms with E-state index >= 15 is 0 Å². The summed E-state index contributed by atoms with van der Waals surface area (Å²) in [4.78, 5) is 49.3. The monoisotopic (exact) mass is 448 g/mol. The van der Waals surface area contributed by atoms with Crippen molar-refractivity contribution in [2.45, 2.75) is 13.3 Å². The lowest BCUT2D eigenvalue weighted by molar-refractivity contribution is -0.132. The molecule has 0 fully saturated rings. The fourth-order valence-electron chi connectivity index (χ4n) is 0.485. The van der Waals surface area contributed by atoms with Crippen molar-refractivity contribution in [1.29, 1.82) is 0 Å². The molecule has 13 nitrogen and oxygen atoms in total. The second-order valence-electron chi connectivity index (χ2n) is 4.47. The Morgan fingerprint density at radius 2 is 0.897 bits per heavy atom. The number of aliphatic hydroxyl groups is 3. The molecule has 0 heterocycles. The van der Waals surface area contributed by atoms with Crippen LogP contribution in [-0.2, 0) is 18.9 Å². The highest BCUT2D eigenvalue weighted by atomic mass is 31.2. The average Bonchev–Trinajstić information content (AvgIpc) is 2.64. The largest absolute Gasteiger partial charge is 0.478 e. The topological polar surface area (TPSA) is 250 Å². The molecule has 0 aromatic carbocycles. The van der Waals surface area contributed by atoms with Gasteiger partial charge in [0.2, 0.25) is 0 Å². The molecule has 0 saturated carbocycles. The molecule has 0 amide bonds. The number of carboxylic acids is 3. The van der Waals surface area contributed by atoms with E-state index in [0.717, 1.165) is 18.2 Å². The van der Waals surface area contributed by atoms with Gasteiger partial charge in [0.05, 0.1) is 19.8 Å². The van der Waals surface area contributed by atoms with E-state index in [1.165, 1.54) is 0 Å². The fourth-order valence-corrected chi connectivity index (χ4v) is 0.485. The van der Waals surface area contributed by atoms with E-state index in [1.807, 2.05) is 6.92 Å². The summed E-state index contributed by atoms with van der Waals surface area (Å²) in [7, 11) is -4.64. The lowest BCUT2D eigenvalue weighted by Gasteiger charge is -2.24. The van der Waals surface area contributed by atoms with Crippen LogP contribution < -0.4 is 0 Å². The highest BCUT2D eigenvalue weighted by Crippen LogP contribution is 2.25. The molecule has 0 atom stereocenters. The standard InChI is InChI=1S/C6H14O3.3C3H4O2.H3O4P/c1-2-6(3-7,4-8)5-9;3*1-2-3(4)5;1-5(2,3)4/h7-9H,2-5H2,1H3;3*2H,1H2,(H,4,5);(H3,1,2,3,4). The van der Waals surface area contributed by atoms with Crippen molar-refractivity contribution in [2.75, 3.05) is 19.8 Å². The molecule has 0 rings (SSSR count). The van der Waals surface area contributed by atoms with Crippen LogP contribution >= 0.6 is 7.82 Å². The first-order chi connectivity index (χ1) is 13.1. The predicted molar refractivity (Wildman–Crippen MR) is 102 cm³/mol. The van der Waals surface area contributed by atoms with Gasteiger partial charge in [-0.15, -0.1) is 0 Å². The molecule has 0 aliphatic heterocycles. The van der Waals surface area contributed by atoms with Crippen LogP contribution in [0.1, 0.15) is 13.3 Å². The van der Waals surface area contributed by atoms with E-state index < -0.39 is 31.1 Å². The molecule has 0 bridgehead atoms. The predicted octanol–water partition coefficient (Wildman–Crippen LogP) is -0.798. The Labute approximate surface area is 167 Å². The highest BCUT2D eigenvalue weighted by Gasteiger charge is 2.24. The van der Waals surface area contributed by atoms with Gasteiger partial charge in [0.15, 0.2) is 0 Å². The summed E-state index contributed by atoms with van der Waals surface area (Å²) >= 11 is 0. The molecular weight excluding hydrogens is 419 g/mol. The average molecular weight is 448 g/mol. The van der Waals surface area contributed by atoms with Gasteiger partial charge in [-0.3, -0.25) is 0 Å². The minimum atomic E-state index is -4.64. The Morgan fingerprint density at radius 3 is 0.897 bits per heavy atom. The number of aliphatic hydroxyl groups excluding tert-OH is 3. The third-order valence-corrected chi connectivity index (χ3v) is 2.28. The van der Waals surface area contributed by atoms with Crippen LogP contribution in [0, 0.1) is 5.41 Å². The summed E-state index contributed by atoms with van der Waals surface area (Å²) in [5.74, 6) is -2.94. The molecule has 0 aliphatic carbocycles. The van der Waals surface area contributed by atoms with Crippen molar-refractivity contribution in [1.82, 2.24) is 0 Å². The van der Waals surface area contributed by atoms with Gasteiger partial charge in [-0.2, -0.15) is 0 Å². The van der Waals surface area contributed by atoms with Gasteiger partial charge in [-0.25, -0.2) is 18.9 Å². The summed E-state index contributed by atoms with van der Waals surface area (Å²) in [5.41, 5.74) is -0.667. The third-order valence-electron chi connectivity index (χ3n) is 2.28. The van der Waals surface area contributed by atoms with Gasteiger partial charge in [0.25, 0.3) is 0 Å². The Bertz CT molecular complexity index is 452. The minimum absolute atomic E-state index is 0.156. The highest BCUT2D eigenvalue weighted by molar-refractivity contribution is 7.45. The van der Waals surface area contributed by atoms with E-state index in [1.54, 1.807) is 0 Å². The number of rotatable bonds is 7. The quantitative estimate of drug-likeness (QED) is 0.171. The zero-order valence-electron chi connectivity index (χ0n) is 15.8. The van der Waals surface area contributed by atoms with Gasteiger partial charge in [0, 0.05) is 23.6 Å². The van der Waals surface area contributed by atoms with E-state index in [0.29, 0.717) is 6.42 Å². The van der Waals surface area contributed by atoms with E-state index in [9.17, 15) is 14.4 Å². The van der Waals surface area contributed by atoms with E-state index in [2.05, 4.69) is 19.7 Å². The van der Waals surface area contributed by atoms with Crippen molar-refractivity contribution in [3.8, 4) is 0 Å². The Balaban J connectivity index is -0.0000000853. The SMILES string of the molecule is C=CC(=O)O.C=CC(=O)O.C=CC(=O)O.CCC(CO)(CO)CO.O=P(O)(O)O. The number of hydrogen-bond acceptors (Lipinski definition) is 7. The summed E-state index contributed by atoms with van der Waals surface area (Å²) < 4.78 is 8.88. The maximum atomic E-state index is 9.25. The molecular formula is C15H29O13P. The van der Waals surface area contributed by atoms with Crippen LogP contribution in [0.15, 0.2) is 38.0 Å². The van der Waals surface area contributed by atoms with Crippen LogP contribution in [0.3, 0.4) is 0 Å². The summed E-state index contributed by atoms with van der Waals surface area (Å²) in [6.45, 7) is 10.2. The molecule has 29 heavy (non-hydrogen) atoms. The van der Waals surface area contributed by atoms with Gasteiger partial charge < -0.3 is 45.3 Å². The Hall–Kier alpha value is -2.38. The maximum absolute atomic E-state index is 9.25. The summed E-state index contributed by atoms with van der Waals surface area (Å²) in [6, 6.07) is 0. The molecule has 0 aromatic rings. The smallest absolute Gasteiger partial charge is 0.466 e. The lowest BCUT2D eigenvalue weighted by Crippen LogP contribution is -2.32.